The number of carbonyl (C=O) groups is 1. The summed E-state index contributed by atoms with van der Waals surface area (Å²) in [5.41, 5.74) is 2.67. The first-order chi connectivity index (χ1) is 9.27. The number of carboxylic acids is 1. The molecule has 94 valence electrons. The van der Waals surface area contributed by atoms with Crippen LogP contribution in [0.4, 0.5) is 0 Å². The van der Waals surface area contributed by atoms with Crippen LogP contribution in [0.5, 0.6) is 5.75 Å². The Morgan fingerprint density at radius 2 is 2.11 bits per heavy atom. The third-order valence-electron chi connectivity index (χ3n) is 2.99. The van der Waals surface area contributed by atoms with Crippen LogP contribution in [0.1, 0.15) is 21.6 Å². The second-order valence-corrected chi connectivity index (χ2v) is 4.13. The Morgan fingerprint density at radius 1 is 1.21 bits per heavy atom. The van der Waals surface area contributed by atoms with E-state index < -0.39 is 5.97 Å². The molecule has 2 heterocycles. The van der Waals surface area contributed by atoms with Crippen LogP contribution in [0.2, 0.25) is 0 Å². The molecule has 4 nitrogen and oxygen atoms in total. The first-order valence-electron chi connectivity index (χ1n) is 5.88. The number of pyridine rings is 1. The lowest BCUT2D eigenvalue weighted by Gasteiger charge is -2.19. The highest BCUT2D eigenvalue weighted by Gasteiger charge is 2.21. The van der Waals surface area contributed by atoms with E-state index >= 15 is 0 Å². The first-order valence-corrected chi connectivity index (χ1v) is 5.88. The zero-order valence-corrected chi connectivity index (χ0v) is 10.0. The maximum Gasteiger partial charge on any atom is 0.339 e. The molecule has 0 atom stereocenters. The van der Waals surface area contributed by atoms with Crippen molar-refractivity contribution in [2.75, 3.05) is 6.61 Å². The minimum absolute atomic E-state index is 0.180. The number of hydrogen-bond donors (Lipinski definition) is 1. The highest BCUT2D eigenvalue weighted by Crippen LogP contribution is 2.35. The maximum absolute atomic E-state index is 11.2. The molecule has 1 aliphatic heterocycles. The molecule has 0 bridgehead atoms. The van der Waals surface area contributed by atoms with E-state index in [0.29, 0.717) is 12.4 Å². The predicted octanol–water partition coefficient (Wildman–Crippen LogP) is 2.60. The van der Waals surface area contributed by atoms with E-state index in [9.17, 15) is 9.90 Å². The lowest BCUT2D eigenvalue weighted by molar-refractivity contribution is 0.0692. The summed E-state index contributed by atoms with van der Waals surface area (Å²) in [6, 6.07) is 10.8. The second kappa shape index (κ2) is 4.57. The van der Waals surface area contributed by atoms with Crippen molar-refractivity contribution in [3.8, 4) is 5.75 Å². The Balaban J connectivity index is 2.16. The van der Waals surface area contributed by atoms with E-state index in [1.54, 1.807) is 18.3 Å². The summed E-state index contributed by atoms with van der Waals surface area (Å²) in [5, 5.41) is 9.18. The van der Waals surface area contributed by atoms with Crippen molar-refractivity contribution in [2.24, 2.45) is 0 Å². The lowest BCUT2D eigenvalue weighted by Crippen LogP contribution is -2.11. The van der Waals surface area contributed by atoms with Gasteiger partial charge < -0.3 is 9.84 Å². The molecule has 0 amide bonds. The van der Waals surface area contributed by atoms with Gasteiger partial charge in [-0.05, 0) is 24.3 Å². The van der Waals surface area contributed by atoms with Crippen LogP contribution in [0.15, 0.2) is 48.7 Å². The van der Waals surface area contributed by atoms with Crippen molar-refractivity contribution in [1.29, 1.82) is 0 Å². The number of aromatic carboxylic acids is 1. The van der Waals surface area contributed by atoms with Gasteiger partial charge in [-0.25, -0.2) is 4.79 Å². The number of ether oxygens (including phenoxy) is 1. The number of hydrogen-bond acceptors (Lipinski definition) is 3. The topological polar surface area (TPSA) is 59.4 Å². The van der Waals surface area contributed by atoms with Gasteiger partial charge in [-0.1, -0.05) is 18.2 Å². The molecular weight excluding hydrogens is 242 g/mol. The quantitative estimate of drug-likeness (QED) is 0.893. The van der Waals surface area contributed by atoms with Crippen molar-refractivity contribution in [3.63, 3.8) is 0 Å². The number of aromatic nitrogens is 1. The van der Waals surface area contributed by atoms with E-state index in [1.807, 2.05) is 30.3 Å². The standard InChI is InChI=1S/C15H11NO3/c17-15(18)12-5-3-4-11-10(7-9-19-14(11)12)13-6-1-2-8-16-13/h1-8H,9H2,(H,17,18). The molecule has 3 rings (SSSR count). The number of fused-ring (bicyclic) bond motifs is 1. The van der Waals surface area contributed by atoms with E-state index in [0.717, 1.165) is 16.8 Å². The summed E-state index contributed by atoms with van der Waals surface area (Å²) in [4.78, 5) is 15.5. The van der Waals surface area contributed by atoms with E-state index in [1.165, 1.54) is 0 Å². The minimum atomic E-state index is -0.987. The predicted molar refractivity (Wildman–Crippen MR) is 70.2 cm³/mol. The molecule has 1 aromatic carbocycles. The molecule has 0 spiro atoms. The summed E-state index contributed by atoms with van der Waals surface area (Å²) in [5.74, 6) is -0.572. The molecule has 1 aromatic heterocycles. The van der Waals surface area contributed by atoms with Crippen molar-refractivity contribution in [3.05, 3.63) is 65.5 Å². The monoisotopic (exact) mass is 253 g/mol. The van der Waals surface area contributed by atoms with Crippen LogP contribution < -0.4 is 4.74 Å². The summed E-state index contributed by atoms with van der Waals surface area (Å²) in [6.45, 7) is 0.350. The maximum atomic E-state index is 11.2. The Labute approximate surface area is 110 Å². The van der Waals surface area contributed by atoms with Gasteiger partial charge >= 0.3 is 5.97 Å². The van der Waals surface area contributed by atoms with Gasteiger partial charge in [-0.3, -0.25) is 4.98 Å². The number of carboxylic acid groups (broad SMARTS) is 1. The number of nitrogens with zero attached hydrogens (tertiary/aromatic N) is 1. The third-order valence-corrected chi connectivity index (χ3v) is 2.99. The molecule has 0 unspecified atom stereocenters. The number of rotatable bonds is 2. The zero-order valence-electron chi connectivity index (χ0n) is 10.0. The molecular formula is C15H11NO3. The van der Waals surface area contributed by atoms with Gasteiger partial charge in [0.15, 0.2) is 0 Å². The molecule has 0 radical (unpaired) electrons. The van der Waals surface area contributed by atoms with Gasteiger partial charge in [-0.15, -0.1) is 0 Å². The second-order valence-electron chi connectivity index (χ2n) is 4.13. The molecule has 4 heteroatoms. The fourth-order valence-corrected chi connectivity index (χ4v) is 2.16. The summed E-state index contributed by atoms with van der Waals surface area (Å²) >= 11 is 0. The minimum Gasteiger partial charge on any atom is -0.488 e. The number of benzene rings is 1. The first kappa shape index (κ1) is 11.5. The molecule has 1 N–H and O–H groups in total. The largest absolute Gasteiger partial charge is 0.488 e. The summed E-state index contributed by atoms with van der Waals surface area (Å²) in [6.07, 6.45) is 3.63. The van der Waals surface area contributed by atoms with Crippen LogP contribution in [0.3, 0.4) is 0 Å². The molecule has 19 heavy (non-hydrogen) atoms. The van der Waals surface area contributed by atoms with Gasteiger partial charge in [0.1, 0.15) is 17.9 Å². The fourth-order valence-electron chi connectivity index (χ4n) is 2.16. The van der Waals surface area contributed by atoms with Crippen LogP contribution in [0, 0.1) is 0 Å². The Hall–Kier alpha value is -2.62. The zero-order chi connectivity index (χ0) is 13.2. The Kier molecular flexibility index (Phi) is 2.76. The molecule has 0 aliphatic carbocycles. The molecule has 0 fully saturated rings. The number of para-hydroxylation sites is 1. The highest BCUT2D eigenvalue weighted by atomic mass is 16.5. The summed E-state index contributed by atoms with van der Waals surface area (Å²) in [7, 11) is 0. The van der Waals surface area contributed by atoms with E-state index in [2.05, 4.69) is 4.98 Å². The smallest absolute Gasteiger partial charge is 0.339 e. The normalized spacial score (nSPS) is 13.2. The third kappa shape index (κ3) is 1.97. The molecule has 1 aliphatic rings. The van der Waals surface area contributed by atoms with Gasteiger partial charge in [0.25, 0.3) is 0 Å². The van der Waals surface area contributed by atoms with Crippen molar-refractivity contribution in [2.45, 2.75) is 0 Å². The van der Waals surface area contributed by atoms with Gasteiger partial charge in [0.05, 0.1) is 5.69 Å². The van der Waals surface area contributed by atoms with Crippen LogP contribution in [-0.2, 0) is 0 Å². The average molecular weight is 253 g/mol. The van der Waals surface area contributed by atoms with Crippen molar-refractivity contribution in [1.82, 2.24) is 4.98 Å². The Morgan fingerprint density at radius 3 is 2.84 bits per heavy atom. The van der Waals surface area contributed by atoms with Crippen molar-refractivity contribution < 1.29 is 14.6 Å². The van der Waals surface area contributed by atoms with Gasteiger partial charge in [0.2, 0.25) is 0 Å². The Bertz CT molecular complexity index is 662. The van der Waals surface area contributed by atoms with Crippen LogP contribution >= 0.6 is 0 Å². The summed E-state index contributed by atoms with van der Waals surface area (Å²) < 4.78 is 5.48. The van der Waals surface area contributed by atoms with Crippen molar-refractivity contribution >= 4 is 11.5 Å². The van der Waals surface area contributed by atoms with E-state index in [4.69, 9.17) is 4.74 Å². The average Bonchev–Trinajstić information content (AvgIpc) is 2.46. The van der Waals surface area contributed by atoms with Crippen LogP contribution in [0.25, 0.3) is 5.57 Å². The van der Waals surface area contributed by atoms with Gasteiger partial charge in [-0.2, -0.15) is 0 Å². The lowest BCUT2D eigenvalue weighted by atomic mass is 9.96. The van der Waals surface area contributed by atoms with E-state index in [-0.39, 0.29) is 5.56 Å². The molecule has 2 aromatic rings. The fraction of sp³-hybridized carbons (Fsp3) is 0.0667. The molecule has 0 saturated carbocycles. The molecule has 0 saturated heterocycles. The van der Waals surface area contributed by atoms with Crippen LogP contribution in [-0.4, -0.2) is 22.7 Å². The highest BCUT2D eigenvalue weighted by molar-refractivity contribution is 5.95. The SMILES string of the molecule is O=C(O)c1cccc2c1OCC=C2c1ccccn1. The van der Waals surface area contributed by atoms with Gasteiger partial charge in [0, 0.05) is 17.3 Å².